The Hall–Kier alpha value is -1.23. The number of halogens is 1. The second-order valence-electron chi connectivity index (χ2n) is 4.25. The third-order valence-electron chi connectivity index (χ3n) is 3.09. The van der Waals surface area contributed by atoms with E-state index in [0.717, 1.165) is 16.5 Å². The van der Waals surface area contributed by atoms with Crippen LogP contribution >= 0.6 is 15.9 Å². The van der Waals surface area contributed by atoms with Crippen molar-refractivity contribution < 1.29 is 9.59 Å². The van der Waals surface area contributed by atoms with E-state index in [1.165, 1.54) is 4.90 Å². The summed E-state index contributed by atoms with van der Waals surface area (Å²) < 4.78 is 0.845. The van der Waals surface area contributed by atoms with Gasteiger partial charge in [-0.25, -0.2) is 9.88 Å². The maximum atomic E-state index is 11.8. The maximum Gasteiger partial charge on any atom is 0.238 e. The summed E-state index contributed by atoms with van der Waals surface area (Å²) >= 11 is 3.30. The lowest BCUT2D eigenvalue weighted by molar-refractivity contribution is -0.123. The van der Waals surface area contributed by atoms with E-state index < -0.39 is 0 Å². The van der Waals surface area contributed by atoms with E-state index in [9.17, 15) is 9.59 Å². The molecule has 0 bridgehead atoms. The molecule has 2 unspecified atom stereocenters. The Kier molecular flexibility index (Phi) is 1.95. The molecule has 2 atom stereocenters. The molecule has 2 fully saturated rings. The molecule has 1 aliphatic heterocycles. The minimum atomic E-state index is -0.0899. The van der Waals surface area contributed by atoms with Crippen molar-refractivity contribution >= 4 is 33.6 Å². The Morgan fingerprint density at radius 3 is 2.56 bits per heavy atom. The van der Waals surface area contributed by atoms with Crippen LogP contribution in [0.2, 0.25) is 0 Å². The average molecular weight is 281 g/mol. The summed E-state index contributed by atoms with van der Waals surface area (Å²) in [5.74, 6) is 0.154. The van der Waals surface area contributed by atoms with Crippen LogP contribution in [0, 0.1) is 18.8 Å². The first-order valence-corrected chi connectivity index (χ1v) is 5.89. The first-order valence-electron chi connectivity index (χ1n) is 5.09. The van der Waals surface area contributed by atoms with Crippen LogP contribution in [0.5, 0.6) is 0 Å². The van der Waals surface area contributed by atoms with Gasteiger partial charge in [0.2, 0.25) is 11.8 Å². The molecule has 0 spiro atoms. The van der Waals surface area contributed by atoms with Crippen molar-refractivity contribution in [2.75, 3.05) is 4.90 Å². The Labute approximate surface area is 101 Å². The normalized spacial score (nSPS) is 27.2. The molecule has 2 aliphatic rings. The van der Waals surface area contributed by atoms with E-state index in [1.54, 1.807) is 6.20 Å². The molecule has 0 N–H and O–H groups in total. The van der Waals surface area contributed by atoms with Crippen LogP contribution in [0.3, 0.4) is 0 Å². The summed E-state index contributed by atoms with van der Waals surface area (Å²) in [6.07, 6.45) is 2.33. The molecule has 2 heterocycles. The van der Waals surface area contributed by atoms with Crippen LogP contribution in [-0.2, 0) is 9.59 Å². The molecule has 1 aliphatic carbocycles. The molecule has 1 saturated heterocycles. The number of hydrogen-bond acceptors (Lipinski definition) is 3. The van der Waals surface area contributed by atoms with E-state index in [2.05, 4.69) is 20.9 Å². The zero-order valence-corrected chi connectivity index (χ0v) is 10.2. The van der Waals surface area contributed by atoms with Crippen molar-refractivity contribution in [2.45, 2.75) is 13.3 Å². The fourth-order valence-electron chi connectivity index (χ4n) is 2.16. The lowest BCUT2D eigenvalue weighted by Gasteiger charge is -2.17. The number of piperidine rings is 1. The Morgan fingerprint density at radius 2 is 2.00 bits per heavy atom. The Bertz CT molecular complexity index is 495. The zero-order chi connectivity index (χ0) is 11.4. The largest absolute Gasteiger partial charge is 0.274 e. The number of pyridine rings is 1. The molecule has 16 heavy (non-hydrogen) atoms. The molecule has 4 nitrogen and oxygen atoms in total. The van der Waals surface area contributed by atoms with Gasteiger partial charge in [-0.05, 0) is 40.9 Å². The van der Waals surface area contributed by atoms with E-state index in [-0.39, 0.29) is 23.7 Å². The Balaban J connectivity index is 2.04. The fraction of sp³-hybridized carbons (Fsp3) is 0.364. The van der Waals surface area contributed by atoms with Gasteiger partial charge in [0.1, 0.15) is 5.82 Å². The highest BCUT2D eigenvalue weighted by Crippen LogP contribution is 2.48. The maximum absolute atomic E-state index is 11.8. The number of fused-ring (bicyclic) bond motifs is 1. The number of rotatable bonds is 1. The third kappa shape index (κ3) is 1.24. The van der Waals surface area contributed by atoms with E-state index in [4.69, 9.17) is 0 Å². The first kappa shape index (κ1) is 9.96. The quantitative estimate of drug-likeness (QED) is 0.736. The number of aryl methyl sites for hydroxylation is 1. The van der Waals surface area contributed by atoms with Crippen LogP contribution in [0.1, 0.15) is 12.0 Å². The summed E-state index contributed by atoms with van der Waals surface area (Å²) in [4.78, 5) is 29.1. The molecule has 0 radical (unpaired) electrons. The number of carbonyl (C=O) groups excluding carboxylic acids is 2. The SMILES string of the molecule is Cc1cc(Br)cnc1N1C(=O)C2CC2C1=O. The van der Waals surface area contributed by atoms with Gasteiger partial charge in [0, 0.05) is 10.7 Å². The third-order valence-corrected chi connectivity index (χ3v) is 3.53. The van der Waals surface area contributed by atoms with Crippen molar-refractivity contribution in [1.29, 1.82) is 0 Å². The van der Waals surface area contributed by atoms with Gasteiger partial charge in [-0.3, -0.25) is 9.59 Å². The minimum Gasteiger partial charge on any atom is -0.274 e. The molecular weight excluding hydrogens is 272 g/mol. The van der Waals surface area contributed by atoms with Crippen molar-refractivity contribution in [1.82, 2.24) is 4.98 Å². The van der Waals surface area contributed by atoms with Crippen molar-refractivity contribution in [3.8, 4) is 0 Å². The number of amides is 2. The van der Waals surface area contributed by atoms with Gasteiger partial charge in [0.25, 0.3) is 0 Å². The zero-order valence-electron chi connectivity index (χ0n) is 8.61. The Morgan fingerprint density at radius 1 is 1.38 bits per heavy atom. The number of carbonyl (C=O) groups is 2. The highest BCUT2D eigenvalue weighted by atomic mass is 79.9. The molecule has 3 rings (SSSR count). The molecule has 2 amide bonds. The predicted octanol–water partition coefficient (Wildman–Crippen LogP) is 1.66. The molecule has 1 aromatic rings. The first-order chi connectivity index (χ1) is 7.59. The summed E-state index contributed by atoms with van der Waals surface area (Å²) in [6.45, 7) is 1.84. The van der Waals surface area contributed by atoms with Gasteiger partial charge in [0.05, 0.1) is 11.8 Å². The monoisotopic (exact) mass is 280 g/mol. The summed E-state index contributed by atoms with van der Waals surface area (Å²) in [5, 5.41) is 0. The van der Waals surface area contributed by atoms with Gasteiger partial charge >= 0.3 is 0 Å². The van der Waals surface area contributed by atoms with Crippen LogP contribution in [0.25, 0.3) is 0 Å². The smallest absolute Gasteiger partial charge is 0.238 e. The molecule has 1 aromatic heterocycles. The predicted molar refractivity (Wildman–Crippen MR) is 60.8 cm³/mol. The lowest BCUT2D eigenvalue weighted by atomic mass is 10.2. The van der Waals surface area contributed by atoms with E-state index in [1.807, 2.05) is 13.0 Å². The molecule has 5 heteroatoms. The van der Waals surface area contributed by atoms with Crippen LogP contribution in [0.15, 0.2) is 16.7 Å². The molecule has 1 saturated carbocycles. The standard InChI is InChI=1S/C11H9BrN2O2/c1-5-2-6(12)4-13-9(5)14-10(15)7-3-8(7)11(14)16/h2,4,7-8H,3H2,1H3. The van der Waals surface area contributed by atoms with Crippen LogP contribution in [0.4, 0.5) is 5.82 Å². The van der Waals surface area contributed by atoms with Crippen LogP contribution < -0.4 is 4.90 Å². The number of anilines is 1. The number of aromatic nitrogens is 1. The summed E-state index contributed by atoms with van der Waals surface area (Å²) in [6, 6.07) is 1.85. The van der Waals surface area contributed by atoms with Gasteiger partial charge in [-0.15, -0.1) is 0 Å². The molecule has 0 aromatic carbocycles. The van der Waals surface area contributed by atoms with Gasteiger partial charge < -0.3 is 0 Å². The van der Waals surface area contributed by atoms with E-state index >= 15 is 0 Å². The summed E-state index contributed by atoms with van der Waals surface area (Å²) in [5.41, 5.74) is 0.831. The summed E-state index contributed by atoms with van der Waals surface area (Å²) in [7, 11) is 0. The van der Waals surface area contributed by atoms with Gasteiger partial charge in [-0.2, -0.15) is 0 Å². The fourth-order valence-corrected chi connectivity index (χ4v) is 2.60. The van der Waals surface area contributed by atoms with Crippen molar-refractivity contribution in [2.24, 2.45) is 11.8 Å². The highest BCUT2D eigenvalue weighted by molar-refractivity contribution is 9.10. The van der Waals surface area contributed by atoms with Crippen LogP contribution in [-0.4, -0.2) is 16.8 Å². The van der Waals surface area contributed by atoms with Crippen molar-refractivity contribution in [3.05, 3.63) is 22.3 Å². The highest BCUT2D eigenvalue weighted by Gasteiger charge is 2.59. The average Bonchev–Trinajstić information content (AvgIpc) is 2.96. The van der Waals surface area contributed by atoms with Gasteiger partial charge in [0.15, 0.2) is 0 Å². The topological polar surface area (TPSA) is 50.3 Å². The minimum absolute atomic E-state index is 0.0719. The number of imide groups is 1. The second kappa shape index (κ2) is 3.13. The number of nitrogens with zero attached hydrogens (tertiary/aromatic N) is 2. The molecule has 82 valence electrons. The number of hydrogen-bond donors (Lipinski definition) is 0. The van der Waals surface area contributed by atoms with Crippen molar-refractivity contribution in [3.63, 3.8) is 0 Å². The molecular formula is C11H9BrN2O2. The second-order valence-corrected chi connectivity index (χ2v) is 5.17. The lowest BCUT2D eigenvalue weighted by Crippen LogP contribution is -2.34. The van der Waals surface area contributed by atoms with E-state index in [0.29, 0.717) is 5.82 Å². The van der Waals surface area contributed by atoms with Gasteiger partial charge in [-0.1, -0.05) is 0 Å².